The van der Waals surface area contributed by atoms with Crippen LogP contribution in [0.2, 0.25) is 5.02 Å². The number of carbonyl (C=O) groups excluding carboxylic acids is 1. The molecule has 174 valence electrons. The van der Waals surface area contributed by atoms with Gasteiger partial charge in [0.05, 0.1) is 27.3 Å². The molecule has 3 aromatic carbocycles. The van der Waals surface area contributed by atoms with E-state index in [1.807, 2.05) is 0 Å². The average molecular weight is 516 g/mol. The van der Waals surface area contributed by atoms with Gasteiger partial charge in [0.1, 0.15) is 5.75 Å². The molecule has 8 nitrogen and oxygen atoms in total. The molecule has 34 heavy (non-hydrogen) atoms. The zero-order valence-electron chi connectivity index (χ0n) is 17.8. The minimum absolute atomic E-state index is 0.0893. The van der Waals surface area contributed by atoms with Gasteiger partial charge in [0.2, 0.25) is 0 Å². The highest BCUT2D eigenvalue weighted by Gasteiger charge is 2.37. The summed E-state index contributed by atoms with van der Waals surface area (Å²) >= 11 is 7.20. The van der Waals surface area contributed by atoms with E-state index in [1.54, 1.807) is 49.5 Å². The summed E-state index contributed by atoms with van der Waals surface area (Å²) in [4.78, 5) is 25.0. The van der Waals surface area contributed by atoms with E-state index in [0.717, 1.165) is 25.9 Å². The number of hydrogen-bond acceptors (Lipinski definition) is 6. The molecule has 4 aromatic rings. The van der Waals surface area contributed by atoms with Gasteiger partial charge in [-0.2, -0.15) is 0 Å². The first-order chi connectivity index (χ1) is 16.2. The van der Waals surface area contributed by atoms with Crippen LogP contribution in [-0.2, 0) is 21.9 Å². The van der Waals surface area contributed by atoms with Crippen molar-refractivity contribution >= 4 is 60.5 Å². The second kappa shape index (κ2) is 8.46. The minimum Gasteiger partial charge on any atom is -0.476 e. The number of nitrogens with one attached hydrogen (secondary N) is 1. The molecule has 0 saturated heterocycles. The molecule has 1 N–H and O–H groups in total. The van der Waals surface area contributed by atoms with Crippen LogP contribution in [0.3, 0.4) is 0 Å². The lowest BCUT2D eigenvalue weighted by atomic mass is 10.2. The lowest BCUT2D eigenvalue weighted by Gasteiger charge is -2.34. The molecular formula is C23H18ClN3O5S2. The Hall–Kier alpha value is -3.34. The van der Waals surface area contributed by atoms with Crippen LogP contribution in [0.4, 0.5) is 11.4 Å². The topological polar surface area (TPSA) is 97.7 Å². The maximum atomic E-state index is 13.4. The van der Waals surface area contributed by atoms with Gasteiger partial charge < -0.3 is 14.6 Å². The number of anilines is 2. The van der Waals surface area contributed by atoms with Crippen molar-refractivity contribution in [3.8, 4) is 5.75 Å². The van der Waals surface area contributed by atoms with Crippen molar-refractivity contribution in [2.45, 2.75) is 11.0 Å². The van der Waals surface area contributed by atoms with E-state index in [1.165, 1.54) is 28.8 Å². The third kappa shape index (κ3) is 3.93. The van der Waals surface area contributed by atoms with Gasteiger partial charge >= 0.3 is 4.87 Å². The van der Waals surface area contributed by atoms with Crippen LogP contribution >= 0.6 is 22.9 Å². The number of hydrogen-bond donors (Lipinski definition) is 1. The molecule has 2 heterocycles. The van der Waals surface area contributed by atoms with E-state index in [4.69, 9.17) is 16.3 Å². The van der Waals surface area contributed by atoms with Gasteiger partial charge in [-0.1, -0.05) is 41.1 Å². The molecule has 1 aromatic heterocycles. The van der Waals surface area contributed by atoms with E-state index in [2.05, 4.69) is 5.32 Å². The molecule has 0 unspecified atom stereocenters. The smallest absolute Gasteiger partial charge is 0.307 e. The van der Waals surface area contributed by atoms with Gasteiger partial charge in [-0.15, -0.1) is 0 Å². The summed E-state index contributed by atoms with van der Waals surface area (Å²) in [6.07, 6.45) is -1.11. The molecule has 11 heteroatoms. The molecule has 0 aliphatic carbocycles. The summed E-state index contributed by atoms with van der Waals surface area (Å²) in [5.41, 5.74) is 1.49. The Morgan fingerprint density at radius 2 is 1.88 bits per heavy atom. The predicted octanol–water partition coefficient (Wildman–Crippen LogP) is 3.85. The second-order valence-electron chi connectivity index (χ2n) is 7.67. The predicted molar refractivity (Wildman–Crippen MR) is 133 cm³/mol. The highest BCUT2D eigenvalue weighted by Crippen LogP contribution is 2.39. The Balaban J connectivity index is 1.47. The Kier molecular flexibility index (Phi) is 5.59. The SMILES string of the molecule is Cn1c(=O)sc2cc(NC(=O)[C@@H]3CN(S(=O)(=O)c4ccccc4)c4cc(Cl)ccc4O3)ccc21. The van der Waals surface area contributed by atoms with Crippen molar-refractivity contribution in [1.29, 1.82) is 0 Å². The molecule has 0 spiro atoms. The minimum atomic E-state index is -3.98. The Bertz CT molecular complexity index is 1580. The molecule has 1 aliphatic rings. The summed E-state index contributed by atoms with van der Waals surface area (Å²) in [6, 6.07) is 17.7. The van der Waals surface area contributed by atoms with Crippen molar-refractivity contribution < 1.29 is 17.9 Å². The highest BCUT2D eigenvalue weighted by atomic mass is 35.5. The van der Waals surface area contributed by atoms with E-state index in [9.17, 15) is 18.0 Å². The fourth-order valence-electron chi connectivity index (χ4n) is 3.74. The van der Waals surface area contributed by atoms with Crippen molar-refractivity contribution in [2.75, 3.05) is 16.2 Å². The molecule has 0 radical (unpaired) electrons. The number of benzene rings is 3. The molecule has 1 atom stereocenters. The van der Waals surface area contributed by atoms with E-state index in [-0.39, 0.29) is 27.8 Å². The molecule has 0 saturated carbocycles. The van der Waals surface area contributed by atoms with Crippen LogP contribution in [0, 0.1) is 0 Å². The number of thiazole rings is 1. The maximum Gasteiger partial charge on any atom is 0.307 e. The number of rotatable bonds is 4. The zero-order valence-corrected chi connectivity index (χ0v) is 20.2. The quantitative estimate of drug-likeness (QED) is 0.445. The monoisotopic (exact) mass is 515 g/mol. The lowest BCUT2D eigenvalue weighted by Crippen LogP contribution is -2.48. The van der Waals surface area contributed by atoms with Crippen molar-refractivity contribution in [3.05, 3.63) is 81.4 Å². The van der Waals surface area contributed by atoms with Gasteiger partial charge in [-0.25, -0.2) is 8.42 Å². The van der Waals surface area contributed by atoms with Crippen molar-refractivity contribution in [2.24, 2.45) is 7.05 Å². The zero-order chi connectivity index (χ0) is 24.0. The summed E-state index contributed by atoms with van der Waals surface area (Å²) in [5.74, 6) is -0.288. The first-order valence-corrected chi connectivity index (χ1v) is 12.8. The largest absolute Gasteiger partial charge is 0.476 e. The molecule has 1 amide bonds. The van der Waals surface area contributed by atoms with Gasteiger partial charge in [-0.3, -0.25) is 13.9 Å². The number of sulfonamides is 1. The van der Waals surface area contributed by atoms with Crippen molar-refractivity contribution in [1.82, 2.24) is 4.57 Å². The molecule has 0 bridgehead atoms. The number of halogens is 1. The average Bonchev–Trinajstić information content (AvgIpc) is 3.11. The first-order valence-electron chi connectivity index (χ1n) is 10.2. The second-order valence-corrected chi connectivity index (χ2v) is 11.0. The van der Waals surface area contributed by atoms with Crippen LogP contribution < -0.4 is 19.2 Å². The third-order valence-corrected chi connectivity index (χ3v) is 8.50. The number of aromatic nitrogens is 1. The van der Waals surface area contributed by atoms with Gasteiger partial charge in [0, 0.05) is 17.8 Å². The van der Waals surface area contributed by atoms with Crippen LogP contribution in [0.1, 0.15) is 0 Å². The number of amides is 1. The number of nitrogens with zero attached hydrogens (tertiary/aromatic N) is 2. The van der Waals surface area contributed by atoms with Gasteiger partial charge in [0.15, 0.2) is 6.10 Å². The molecule has 1 aliphatic heterocycles. The maximum absolute atomic E-state index is 13.4. The van der Waals surface area contributed by atoms with Gasteiger partial charge in [0.25, 0.3) is 15.9 Å². The van der Waals surface area contributed by atoms with E-state index >= 15 is 0 Å². The summed E-state index contributed by atoms with van der Waals surface area (Å²) in [5, 5.41) is 3.11. The summed E-state index contributed by atoms with van der Waals surface area (Å²) in [6.45, 7) is -0.239. The van der Waals surface area contributed by atoms with E-state index < -0.39 is 22.0 Å². The van der Waals surface area contributed by atoms with Crippen LogP contribution in [0.5, 0.6) is 5.75 Å². The fourth-order valence-corrected chi connectivity index (χ4v) is 6.32. The standard InChI is InChI=1S/C23H18ClN3O5S2/c1-26-17-9-8-15(12-21(17)33-23(26)29)25-22(28)20-13-27(18-11-14(24)7-10-19(18)32-20)34(30,31)16-5-3-2-4-6-16/h2-12,20H,13H2,1H3,(H,25,28)/t20-/m0/s1. The van der Waals surface area contributed by atoms with Crippen LogP contribution in [0.25, 0.3) is 10.2 Å². The number of ether oxygens (including phenoxy) is 1. The Labute approximate surface area is 204 Å². The van der Waals surface area contributed by atoms with E-state index in [0.29, 0.717) is 10.7 Å². The van der Waals surface area contributed by atoms with Crippen molar-refractivity contribution in [3.63, 3.8) is 0 Å². The number of carbonyl (C=O) groups is 1. The number of fused-ring (bicyclic) bond motifs is 2. The Morgan fingerprint density at radius 3 is 2.65 bits per heavy atom. The van der Waals surface area contributed by atoms with Gasteiger partial charge in [-0.05, 0) is 48.5 Å². The van der Waals surface area contributed by atoms with Crippen LogP contribution in [0.15, 0.2) is 76.4 Å². The highest BCUT2D eigenvalue weighted by molar-refractivity contribution is 7.92. The normalized spacial score (nSPS) is 15.6. The van der Waals surface area contributed by atoms with Crippen LogP contribution in [-0.4, -0.2) is 31.5 Å². The molecular weight excluding hydrogens is 498 g/mol. The summed E-state index contributed by atoms with van der Waals surface area (Å²) in [7, 11) is -2.30. The third-order valence-electron chi connectivity index (χ3n) is 5.47. The Morgan fingerprint density at radius 1 is 1.12 bits per heavy atom. The first kappa shape index (κ1) is 22.5. The summed E-state index contributed by atoms with van der Waals surface area (Å²) < 4.78 is 36.1. The molecule has 0 fully saturated rings. The fraction of sp³-hybridized carbons (Fsp3) is 0.130. The molecule has 5 rings (SSSR count). The lowest BCUT2D eigenvalue weighted by molar-refractivity contribution is -0.122. The number of aryl methyl sites for hydroxylation is 1.